The van der Waals surface area contributed by atoms with Crippen LogP contribution < -0.4 is 0 Å². The summed E-state index contributed by atoms with van der Waals surface area (Å²) in [6, 6.07) is 10.2. The van der Waals surface area contributed by atoms with Crippen LogP contribution in [0.25, 0.3) is 0 Å². The number of likely N-dealkylation sites (tertiary alicyclic amines) is 1. The maximum Gasteiger partial charge on any atom is 0.337 e. The Morgan fingerprint density at radius 1 is 1.08 bits per heavy atom. The predicted octanol–water partition coefficient (Wildman–Crippen LogP) is 6.40. The lowest BCUT2D eigenvalue weighted by Crippen LogP contribution is -2.69. The molecule has 3 aliphatic heterocycles. The number of nitrogens with zero attached hydrogens (tertiary/aromatic N) is 1. The van der Waals surface area contributed by atoms with Crippen molar-refractivity contribution in [1.82, 2.24) is 4.90 Å². The summed E-state index contributed by atoms with van der Waals surface area (Å²) in [6.45, 7) is 6.59. The molecule has 8 rings (SSSR count). The van der Waals surface area contributed by atoms with Gasteiger partial charge in [-0.3, -0.25) is 4.79 Å². The maximum absolute atomic E-state index is 14.6. The van der Waals surface area contributed by atoms with E-state index in [2.05, 4.69) is 50.0 Å². The van der Waals surface area contributed by atoms with Crippen LogP contribution in [-0.2, 0) is 19.1 Å². The first-order valence-electron chi connectivity index (χ1n) is 14.7. The van der Waals surface area contributed by atoms with Crippen LogP contribution >= 0.6 is 0 Å². The second-order valence-corrected chi connectivity index (χ2v) is 12.3. The third kappa shape index (κ3) is 2.43. The Morgan fingerprint density at radius 3 is 2.65 bits per heavy atom. The summed E-state index contributed by atoms with van der Waals surface area (Å²) in [5, 5.41) is 0. The molecule has 0 aromatic heterocycles. The molecule has 0 radical (unpaired) electrons. The zero-order valence-corrected chi connectivity index (χ0v) is 22.4. The van der Waals surface area contributed by atoms with E-state index in [1.54, 1.807) is 0 Å². The van der Waals surface area contributed by atoms with Gasteiger partial charge in [-0.2, -0.15) is 0 Å². The molecule has 7 atom stereocenters. The fourth-order valence-electron chi connectivity index (χ4n) is 9.85. The van der Waals surface area contributed by atoms with Gasteiger partial charge in [0.05, 0.1) is 17.0 Å². The Labute approximate surface area is 220 Å². The average molecular weight is 502 g/mol. The molecule has 7 aliphatic rings. The molecule has 0 unspecified atom stereocenters. The SMILES string of the molecule is CCCC[C@]12O[C@@]34CCCC=C3C(=O)O[C@]43[C@@H](CCC)[C@@H]4C=C(C(=O)N1[C@H](C)c1ccccc1)[C@@]32CC4. The number of benzene rings is 1. The molecule has 4 fully saturated rings. The smallest absolute Gasteiger partial charge is 0.337 e. The number of fused-ring (bicyclic) bond motifs is 1. The van der Waals surface area contributed by atoms with Crippen molar-refractivity contribution < 1.29 is 19.1 Å². The molecule has 5 nitrogen and oxygen atoms in total. The summed E-state index contributed by atoms with van der Waals surface area (Å²) in [7, 11) is 0. The van der Waals surface area contributed by atoms with Crippen LogP contribution in [0.1, 0.15) is 96.6 Å². The van der Waals surface area contributed by atoms with Gasteiger partial charge in [0.2, 0.25) is 0 Å². The molecule has 3 heterocycles. The molecule has 2 bridgehead atoms. The van der Waals surface area contributed by atoms with Gasteiger partial charge in [-0.1, -0.05) is 69.2 Å². The van der Waals surface area contributed by atoms with Crippen molar-refractivity contribution >= 4 is 11.9 Å². The van der Waals surface area contributed by atoms with E-state index in [-0.39, 0.29) is 29.8 Å². The highest BCUT2D eigenvalue weighted by Crippen LogP contribution is 2.82. The zero-order chi connectivity index (χ0) is 25.6. The predicted molar refractivity (Wildman–Crippen MR) is 140 cm³/mol. The molecule has 1 aromatic carbocycles. The quantitative estimate of drug-likeness (QED) is 0.406. The van der Waals surface area contributed by atoms with Gasteiger partial charge < -0.3 is 14.4 Å². The first-order valence-corrected chi connectivity index (χ1v) is 14.7. The Morgan fingerprint density at radius 2 is 1.89 bits per heavy atom. The summed E-state index contributed by atoms with van der Waals surface area (Å²) in [5.41, 5.74) is -0.296. The van der Waals surface area contributed by atoms with E-state index in [4.69, 9.17) is 9.47 Å². The van der Waals surface area contributed by atoms with Gasteiger partial charge in [0.1, 0.15) is 5.60 Å². The summed E-state index contributed by atoms with van der Waals surface area (Å²) >= 11 is 0. The average Bonchev–Trinajstić information content (AvgIpc) is 3.38. The summed E-state index contributed by atoms with van der Waals surface area (Å²) in [4.78, 5) is 30.4. The molecule has 1 amide bonds. The maximum atomic E-state index is 14.6. The Kier molecular flexibility index (Phi) is 5.00. The highest BCUT2D eigenvalue weighted by atomic mass is 16.6. The van der Waals surface area contributed by atoms with E-state index < -0.39 is 22.3 Å². The van der Waals surface area contributed by atoms with Crippen LogP contribution in [0.2, 0.25) is 0 Å². The number of hydrogen-bond donors (Lipinski definition) is 0. The van der Waals surface area contributed by atoms with Gasteiger partial charge in [0, 0.05) is 11.5 Å². The number of allylic oxidation sites excluding steroid dienone is 2. The Balaban J connectivity index is 1.54. The van der Waals surface area contributed by atoms with E-state index >= 15 is 0 Å². The molecule has 3 saturated heterocycles. The molecule has 1 saturated carbocycles. The van der Waals surface area contributed by atoms with Gasteiger partial charge in [-0.15, -0.1) is 0 Å². The molecule has 4 aliphatic carbocycles. The van der Waals surface area contributed by atoms with Crippen molar-refractivity contribution in [1.29, 1.82) is 0 Å². The third-order valence-electron chi connectivity index (χ3n) is 10.9. The number of carbonyl (C=O) groups excluding carboxylic acids is 2. The van der Waals surface area contributed by atoms with E-state index in [0.717, 1.165) is 80.9 Å². The zero-order valence-electron chi connectivity index (χ0n) is 22.4. The molecular weight excluding hydrogens is 462 g/mol. The lowest BCUT2D eigenvalue weighted by molar-refractivity contribution is -0.206. The van der Waals surface area contributed by atoms with Crippen molar-refractivity contribution in [2.75, 3.05) is 0 Å². The molecule has 5 heteroatoms. The molecule has 37 heavy (non-hydrogen) atoms. The van der Waals surface area contributed by atoms with Gasteiger partial charge in [-0.05, 0) is 69.8 Å². The van der Waals surface area contributed by atoms with Gasteiger partial charge in [0.15, 0.2) is 11.3 Å². The number of amides is 1. The lowest BCUT2D eigenvalue weighted by Gasteiger charge is -2.60. The van der Waals surface area contributed by atoms with Crippen molar-refractivity contribution in [3.63, 3.8) is 0 Å². The largest absolute Gasteiger partial charge is 0.451 e. The minimum Gasteiger partial charge on any atom is -0.451 e. The van der Waals surface area contributed by atoms with Crippen molar-refractivity contribution in [2.24, 2.45) is 17.3 Å². The standard InChI is InChI=1S/C32H39NO4/c1-4-6-18-31-29-19-16-23(20-26(29)27(34)33(31)21(3)22-13-8-7-9-14-22)24(12-5-2)32(29)30(37-31)17-11-10-15-25(30)28(35)36-32/h7-9,13-15,20-21,23-24H,4-6,10-12,16-19H2,1-3H3/t21-,23+,24+,29-,30+,31-,32+/m1/s1. The minimum absolute atomic E-state index is 0.0885. The van der Waals surface area contributed by atoms with Crippen LogP contribution in [0.5, 0.6) is 0 Å². The van der Waals surface area contributed by atoms with E-state index in [1.807, 2.05) is 18.2 Å². The number of ether oxygens (including phenoxy) is 2. The summed E-state index contributed by atoms with van der Waals surface area (Å²) < 4.78 is 14.5. The number of hydrogen-bond acceptors (Lipinski definition) is 4. The fourth-order valence-corrected chi connectivity index (χ4v) is 9.85. The highest BCUT2D eigenvalue weighted by molar-refractivity contribution is 6.03. The first kappa shape index (κ1) is 23.7. The van der Waals surface area contributed by atoms with E-state index in [1.165, 1.54) is 0 Å². The Hall–Kier alpha value is -2.40. The second kappa shape index (κ2) is 7.81. The number of unbranched alkanes of at least 4 members (excludes halogenated alkanes) is 1. The first-order chi connectivity index (χ1) is 17.9. The summed E-state index contributed by atoms with van der Waals surface area (Å²) in [5.74, 6) is 0.300. The summed E-state index contributed by atoms with van der Waals surface area (Å²) in [6.07, 6.45) is 13.7. The van der Waals surface area contributed by atoms with Crippen LogP contribution in [-0.4, -0.2) is 33.7 Å². The number of rotatable bonds is 7. The topological polar surface area (TPSA) is 55.8 Å². The van der Waals surface area contributed by atoms with Crippen molar-refractivity contribution in [3.05, 3.63) is 59.2 Å². The fraction of sp³-hybridized carbons (Fsp3) is 0.625. The monoisotopic (exact) mass is 501 g/mol. The second-order valence-electron chi connectivity index (χ2n) is 12.3. The van der Waals surface area contributed by atoms with Crippen molar-refractivity contribution in [3.8, 4) is 0 Å². The molecule has 1 aromatic rings. The number of esters is 1. The van der Waals surface area contributed by atoms with Gasteiger partial charge in [-0.25, -0.2) is 4.79 Å². The lowest BCUT2D eigenvalue weighted by atomic mass is 9.42. The van der Waals surface area contributed by atoms with Crippen LogP contribution in [0.3, 0.4) is 0 Å². The highest BCUT2D eigenvalue weighted by Gasteiger charge is 2.93. The van der Waals surface area contributed by atoms with Crippen molar-refractivity contribution in [2.45, 2.75) is 108 Å². The molecular formula is C32H39NO4. The molecule has 0 N–H and O–H groups in total. The Bertz CT molecular complexity index is 1220. The molecule has 3 spiro atoms. The van der Waals surface area contributed by atoms with Crippen LogP contribution in [0.15, 0.2) is 53.6 Å². The molecule has 196 valence electrons. The number of carbonyl (C=O) groups is 2. The normalized spacial score (nSPS) is 41.6. The van der Waals surface area contributed by atoms with Gasteiger partial charge >= 0.3 is 5.97 Å². The van der Waals surface area contributed by atoms with Crippen LogP contribution in [0.4, 0.5) is 0 Å². The minimum atomic E-state index is -0.824. The van der Waals surface area contributed by atoms with E-state index in [9.17, 15) is 9.59 Å². The van der Waals surface area contributed by atoms with Crippen LogP contribution in [0, 0.1) is 17.3 Å². The van der Waals surface area contributed by atoms with E-state index in [0.29, 0.717) is 0 Å². The third-order valence-corrected chi connectivity index (χ3v) is 10.9. The van der Waals surface area contributed by atoms with Gasteiger partial charge in [0.25, 0.3) is 5.91 Å².